The van der Waals surface area contributed by atoms with Crippen molar-refractivity contribution < 1.29 is 4.79 Å². The highest BCUT2D eigenvalue weighted by Crippen LogP contribution is 2.25. The number of benzene rings is 2. The smallest absolute Gasteiger partial charge is 0.232 e. The maximum Gasteiger partial charge on any atom is 0.232 e. The second-order valence-electron chi connectivity index (χ2n) is 5.18. The quantitative estimate of drug-likeness (QED) is 0.706. The molecule has 0 radical (unpaired) electrons. The fourth-order valence-electron chi connectivity index (χ4n) is 2.51. The molecule has 3 rings (SSSR count). The van der Waals surface area contributed by atoms with Crippen LogP contribution in [0.25, 0.3) is 0 Å². The molecule has 0 saturated carbocycles. The zero-order chi connectivity index (χ0) is 16.1. The Balaban J connectivity index is 1.82. The molecule has 2 aromatic carbocycles. The first-order chi connectivity index (χ1) is 11.2. The highest BCUT2D eigenvalue weighted by atomic mass is 35.5. The second kappa shape index (κ2) is 7.44. The average molecular weight is 342 g/mol. The van der Waals surface area contributed by atoms with E-state index >= 15 is 0 Å². The van der Waals surface area contributed by atoms with Crippen LogP contribution in [0.1, 0.15) is 21.9 Å². The molecule has 0 aliphatic carbocycles. The SMILES string of the molecule is O=C(NCc1ccc(Cl)s1)C(c1ccccc1)c1ccccc1. The van der Waals surface area contributed by atoms with Gasteiger partial charge >= 0.3 is 0 Å². The van der Waals surface area contributed by atoms with Crippen molar-refractivity contribution in [3.8, 4) is 0 Å². The van der Waals surface area contributed by atoms with E-state index in [0.717, 1.165) is 20.3 Å². The minimum atomic E-state index is -0.312. The first-order valence-electron chi connectivity index (χ1n) is 7.36. The lowest BCUT2D eigenvalue weighted by molar-refractivity contribution is -0.121. The Morgan fingerprint density at radius 2 is 1.48 bits per heavy atom. The Bertz CT molecular complexity index is 731. The van der Waals surface area contributed by atoms with Crippen molar-refractivity contribution >= 4 is 28.8 Å². The fraction of sp³-hybridized carbons (Fsp3) is 0.105. The van der Waals surface area contributed by atoms with E-state index < -0.39 is 0 Å². The summed E-state index contributed by atoms with van der Waals surface area (Å²) in [4.78, 5) is 13.8. The Labute approximate surface area is 144 Å². The molecular formula is C19H16ClNOS. The standard InChI is InChI=1S/C19H16ClNOS/c20-17-12-11-16(23-17)13-21-19(22)18(14-7-3-1-4-8-14)15-9-5-2-6-10-15/h1-12,18H,13H2,(H,21,22). The van der Waals surface area contributed by atoms with Gasteiger partial charge in [-0.05, 0) is 23.3 Å². The predicted octanol–water partition coefficient (Wildman–Crippen LogP) is 4.85. The van der Waals surface area contributed by atoms with E-state index in [1.165, 1.54) is 11.3 Å². The van der Waals surface area contributed by atoms with Crippen LogP contribution in [-0.4, -0.2) is 5.91 Å². The van der Waals surface area contributed by atoms with Gasteiger partial charge in [0.2, 0.25) is 5.91 Å². The molecule has 0 aliphatic rings. The first-order valence-corrected chi connectivity index (χ1v) is 8.55. The summed E-state index contributed by atoms with van der Waals surface area (Å²) in [6.07, 6.45) is 0. The van der Waals surface area contributed by atoms with Crippen LogP contribution in [-0.2, 0) is 11.3 Å². The van der Waals surface area contributed by atoms with Crippen LogP contribution in [0.4, 0.5) is 0 Å². The number of hydrogen-bond donors (Lipinski definition) is 1. The summed E-state index contributed by atoms with van der Waals surface area (Å²) in [7, 11) is 0. The van der Waals surface area contributed by atoms with Gasteiger partial charge in [-0.2, -0.15) is 0 Å². The van der Waals surface area contributed by atoms with Gasteiger partial charge in [0.1, 0.15) is 0 Å². The summed E-state index contributed by atoms with van der Waals surface area (Å²) in [6, 6.07) is 23.5. The number of carbonyl (C=O) groups excluding carboxylic acids is 1. The molecule has 0 bridgehead atoms. The van der Waals surface area contributed by atoms with Gasteiger partial charge < -0.3 is 5.32 Å². The molecule has 23 heavy (non-hydrogen) atoms. The second-order valence-corrected chi connectivity index (χ2v) is 6.98. The lowest BCUT2D eigenvalue weighted by Crippen LogP contribution is -2.29. The Morgan fingerprint density at radius 3 is 1.96 bits per heavy atom. The molecule has 116 valence electrons. The number of rotatable bonds is 5. The van der Waals surface area contributed by atoms with E-state index in [9.17, 15) is 4.79 Å². The number of carbonyl (C=O) groups is 1. The third-order valence-corrected chi connectivity index (χ3v) is 4.82. The molecule has 0 unspecified atom stereocenters. The van der Waals surface area contributed by atoms with Crippen molar-refractivity contribution in [2.24, 2.45) is 0 Å². The minimum absolute atomic E-state index is 0.00748. The van der Waals surface area contributed by atoms with Crippen molar-refractivity contribution in [3.05, 3.63) is 93.1 Å². The molecule has 1 heterocycles. The predicted molar refractivity (Wildman–Crippen MR) is 95.9 cm³/mol. The summed E-state index contributed by atoms with van der Waals surface area (Å²) in [5, 5.41) is 3.02. The zero-order valence-electron chi connectivity index (χ0n) is 12.4. The lowest BCUT2D eigenvalue weighted by Gasteiger charge is -2.17. The van der Waals surface area contributed by atoms with Gasteiger partial charge in [0.25, 0.3) is 0 Å². The van der Waals surface area contributed by atoms with Crippen molar-refractivity contribution in [1.82, 2.24) is 5.32 Å². The molecular weight excluding hydrogens is 326 g/mol. The highest BCUT2D eigenvalue weighted by Gasteiger charge is 2.22. The molecule has 0 fully saturated rings. The number of thiophene rings is 1. The van der Waals surface area contributed by atoms with Crippen LogP contribution in [0.2, 0.25) is 4.34 Å². The van der Waals surface area contributed by atoms with E-state index in [-0.39, 0.29) is 11.8 Å². The fourth-order valence-corrected chi connectivity index (χ4v) is 3.54. The number of nitrogens with one attached hydrogen (secondary N) is 1. The molecule has 0 spiro atoms. The van der Waals surface area contributed by atoms with E-state index in [4.69, 9.17) is 11.6 Å². The van der Waals surface area contributed by atoms with E-state index in [0.29, 0.717) is 6.54 Å². The maximum absolute atomic E-state index is 12.8. The number of hydrogen-bond acceptors (Lipinski definition) is 2. The number of amides is 1. The number of halogens is 1. The van der Waals surface area contributed by atoms with E-state index in [1.54, 1.807) is 0 Å². The van der Waals surface area contributed by atoms with Crippen LogP contribution >= 0.6 is 22.9 Å². The van der Waals surface area contributed by atoms with Crippen molar-refractivity contribution in [3.63, 3.8) is 0 Å². The molecule has 0 atom stereocenters. The van der Waals surface area contributed by atoms with Crippen LogP contribution in [0.15, 0.2) is 72.8 Å². The Hall–Kier alpha value is -2.10. The van der Waals surface area contributed by atoms with Crippen molar-refractivity contribution in [2.45, 2.75) is 12.5 Å². The average Bonchev–Trinajstić information content (AvgIpc) is 3.01. The van der Waals surface area contributed by atoms with Crippen molar-refractivity contribution in [1.29, 1.82) is 0 Å². The summed E-state index contributed by atoms with van der Waals surface area (Å²) in [5.41, 5.74) is 1.97. The van der Waals surface area contributed by atoms with Gasteiger partial charge in [0.15, 0.2) is 0 Å². The third kappa shape index (κ3) is 4.01. The Kier molecular flexibility index (Phi) is 5.11. The first kappa shape index (κ1) is 15.8. The molecule has 1 amide bonds. The lowest BCUT2D eigenvalue weighted by atomic mass is 9.90. The van der Waals surface area contributed by atoms with E-state index in [1.807, 2.05) is 72.8 Å². The van der Waals surface area contributed by atoms with Gasteiger partial charge in [-0.1, -0.05) is 72.3 Å². The van der Waals surface area contributed by atoms with Gasteiger partial charge in [0, 0.05) is 4.88 Å². The van der Waals surface area contributed by atoms with Crippen LogP contribution in [0.3, 0.4) is 0 Å². The van der Waals surface area contributed by atoms with Gasteiger partial charge in [-0.15, -0.1) is 11.3 Å². The summed E-state index contributed by atoms with van der Waals surface area (Å²) in [6.45, 7) is 0.492. The Morgan fingerprint density at radius 1 is 0.913 bits per heavy atom. The van der Waals surface area contributed by atoms with Gasteiger partial charge in [0.05, 0.1) is 16.8 Å². The molecule has 4 heteroatoms. The third-order valence-electron chi connectivity index (χ3n) is 3.59. The molecule has 0 aliphatic heterocycles. The molecule has 0 saturated heterocycles. The zero-order valence-corrected chi connectivity index (χ0v) is 14.0. The maximum atomic E-state index is 12.8. The topological polar surface area (TPSA) is 29.1 Å². The molecule has 2 nitrogen and oxygen atoms in total. The molecule has 1 aromatic heterocycles. The molecule has 3 aromatic rings. The van der Waals surface area contributed by atoms with Gasteiger partial charge in [-0.3, -0.25) is 4.79 Å². The highest BCUT2D eigenvalue weighted by molar-refractivity contribution is 7.16. The molecule has 1 N–H and O–H groups in total. The summed E-state index contributed by atoms with van der Waals surface area (Å²) in [5.74, 6) is -0.320. The van der Waals surface area contributed by atoms with Gasteiger partial charge in [-0.25, -0.2) is 0 Å². The van der Waals surface area contributed by atoms with Crippen LogP contribution in [0, 0.1) is 0 Å². The monoisotopic (exact) mass is 341 g/mol. The largest absolute Gasteiger partial charge is 0.350 e. The van der Waals surface area contributed by atoms with Crippen molar-refractivity contribution in [2.75, 3.05) is 0 Å². The summed E-state index contributed by atoms with van der Waals surface area (Å²) < 4.78 is 0.733. The normalized spacial score (nSPS) is 10.7. The van der Waals surface area contributed by atoms with E-state index in [2.05, 4.69) is 5.32 Å². The van der Waals surface area contributed by atoms with Crippen LogP contribution in [0.5, 0.6) is 0 Å². The minimum Gasteiger partial charge on any atom is -0.350 e. The summed E-state index contributed by atoms with van der Waals surface area (Å²) >= 11 is 7.42. The van der Waals surface area contributed by atoms with Crippen LogP contribution < -0.4 is 5.32 Å².